The molecule has 1 aromatic carbocycles. The fraction of sp³-hybridized carbons (Fsp3) is 0. The molecule has 0 fully saturated rings. The minimum Gasteiger partial charge on any atom is -0.338 e. The SMILES string of the molecule is N#Cc1ccc(Cl)cc1Nc1nc(Cl)ncc1Cl. The first-order valence-electron chi connectivity index (χ1n) is 4.75. The summed E-state index contributed by atoms with van der Waals surface area (Å²) in [7, 11) is 0. The Kier molecular flexibility index (Phi) is 3.87. The summed E-state index contributed by atoms with van der Waals surface area (Å²) in [6.45, 7) is 0. The Bertz CT molecular complexity index is 637. The van der Waals surface area contributed by atoms with Crippen molar-refractivity contribution >= 4 is 46.3 Å². The standard InChI is InChI=1S/C11H5Cl3N4/c12-7-2-1-6(4-15)9(3-7)17-10-8(13)5-16-11(14)18-10/h1-3,5H,(H,16,17,18). The van der Waals surface area contributed by atoms with Crippen LogP contribution >= 0.6 is 34.8 Å². The number of hydrogen-bond donors (Lipinski definition) is 1. The predicted molar refractivity (Wildman–Crippen MR) is 71.5 cm³/mol. The third kappa shape index (κ3) is 2.82. The Labute approximate surface area is 118 Å². The average Bonchev–Trinajstić information content (AvgIpc) is 2.34. The van der Waals surface area contributed by atoms with Gasteiger partial charge in [-0.15, -0.1) is 0 Å². The zero-order chi connectivity index (χ0) is 13.1. The van der Waals surface area contributed by atoms with Gasteiger partial charge in [-0.05, 0) is 29.8 Å². The maximum Gasteiger partial charge on any atom is 0.224 e. The van der Waals surface area contributed by atoms with Gasteiger partial charge in [-0.1, -0.05) is 23.2 Å². The first-order chi connectivity index (χ1) is 8.60. The third-order valence-corrected chi connectivity index (χ3v) is 2.76. The Morgan fingerprint density at radius 3 is 2.72 bits per heavy atom. The van der Waals surface area contributed by atoms with Gasteiger partial charge in [0, 0.05) is 5.02 Å². The number of nitrogens with zero attached hydrogens (tertiary/aromatic N) is 3. The first-order valence-corrected chi connectivity index (χ1v) is 5.88. The Balaban J connectivity index is 2.43. The van der Waals surface area contributed by atoms with Crippen molar-refractivity contribution in [2.45, 2.75) is 0 Å². The molecule has 1 aromatic heterocycles. The van der Waals surface area contributed by atoms with Gasteiger partial charge in [-0.3, -0.25) is 0 Å². The number of nitriles is 1. The minimum atomic E-state index is 0.0578. The summed E-state index contributed by atoms with van der Waals surface area (Å²) >= 11 is 17.5. The lowest BCUT2D eigenvalue weighted by Crippen LogP contribution is -1.98. The van der Waals surface area contributed by atoms with Gasteiger partial charge in [-0.2, -0.15) is 10.2 Å². The summed E-state index contributed by atoms with van der Waals surface area (Å²) in [4.78, 5) is 7.66. The highest BCUT2D eigenvalue weighted by molar-refractivity contribution is 6.33. The van der Waals surface area contributed by atoms with Crippen molar-refractivity contribution < 1.29 is 0 Å². The average molecular weight is 300 g/mol. The van der Waals surface area contributed by atoms with Crippen LogP contribution in [0.1, 0.15) is 5.56 Å². The van der Waals surface area contributed by atoms with E-state index in [1.807, 2.05) is 6.07 Å². The molecule has 0 saturated heterocycles. The molecule has 0 amide bonds. The van der Waals surface area contributed by atoms with E-state index in [0.717, 1.165) is 0 Å². The molecule has 2 rings (SSSR count). The summed E-state index contributed by atoms with van der Waals surface area (Å²) in [6.07, 6.45) is 1.37. The quantitative estimate of drug-likeness (QED) is 0.850. The number of hydrogen-bond acceptors (Lipinski definition) is 4. The number of nitrogens with one attached hydrogen (secondary N) is 1. The van der Waals surface area contributed by atoms with Crippen molar-refractivity contribution in [1.82, 2.24) is 9.97 Å². The molecule has 0 saturated carbocycles. The van der Waals surface area contributed by atoms with Crippen LogP contribution < -0.4 is 5.32 Å². The van der Waals surface area contributed by atoms with Crippen LogP contribution in [0.15, 0.2) is 24.4 Å². The largest absolute Gasteiger partial charge is 0.338 e. The molecule has 0 aliphatic carbocycles. The highest BCUT2D eigenvalue weighted by atomic mass is 35.5. The van der Waals surface area contributed by atoms with Crippen LogP contribution in [0.5, 0.6) is 0 Å². The predicted octanol–water partition coefficient (Wildman–Crippen LogP) is 4.05. The summed E-state index contributed by atoms with van der Waals surface area (Å²) < 4.78 is 0. The van der Waals surface area contributed by atoms with E-state index in [1.165, 1.54) is 6.20 Å². The van der Waals surface area contributed by atoms with E-state index >= 15 is 0 Å². The Morgan fingerprint density at radius 2 is 2.00 bits per heavy atom. The molecular weight excluding hydrogens is 295 g/mol. The van der Waals surface area contributed by atoms with Crippen LogP contribution in [0, 0.1) is 11.3 Å². The lowest BCUT2D eigenvalue weighted by molar-refractivity contribution is 1.17. The molecule has 0 aliphatic heterocycles. The fourth-order valence-corrected chi connectivity index (χ4v) is 1.72. The van der Waals surface area contributed by atoms with E-state index in [1.54, 1.807) is 18.2 Å². The van der Waals surface area contributed by atoms with Crippen LogP contribution in [0.25, 0.3) is 0 Å². The van der Waals surface area contributed by atoms with Crippen molar-refractivity contribution in [1.29, 1.82) is 5.26 Å². The van der Waals surface area contributed by atoms with Crippen molar-refractivity contribution in [3.8, 4) is 6.07 Å². The number of benzene rings is 1. The molecule has 2 aromatic rings. The van der Waals surface area contributed by atoms with Crippen LogP contribution in [-0.4, -0.2) is 9.97 Å². The lowest BCUT2D eigenvalue weighted by Gasteiger charge is -2.09. The maximum absolute atomic E-state index is 8.99. The molecule has 0 atom stereocenters. The van der Waals surface area contributed by atoms with E-state index in [2.05, 4.69) is 15.3 Å². The second-order valence-electron chi connectivity index (χ2n) is 3.26. The van der Waals surface area contributed by atoms with Gasteiger partial charge < -0.3 is 5.32 Å². The van der Waals surface area contributed by atoms with Gasteiger partial charge in [0.1, 0.15) is 11.1 Å². The van der Waals surface area contributed by atoms with E-state index < -0.39 is 0 Å². The molecule has 0 aliphatic rings. The van der Waals surface area contributed by atoms with E-state index in [0.29, 0.717) is 27.1 Å². The second kappa shape index (κ2) is 5.40. The smallest absolute Gasteiger partial charge is 0.224 e. The molecular formula is C11H5Cl3N4. The van der Waals surface area contributed by atoms with Gasteiger partial charge in [0.2, 0.25) is 5.28 Å². The summed E-state index contributed by atoms with van der Waals surface area (Å²) in [5.41, 5.74) is 0.923. The van der Waals surface area contributed by atoms with Gasteiger partial charge in [-0.25, -0.2) is 4.98 Å². The van der Waals surface area contributed by atoms with Crippen LogP contribution in [0.2, 0.25) is 15.3 Å². The molecule has 0 bridgehead atoms. The number of anilines is 2. The zero-order valence-corrected chi connectivity index (χ0v) is 11.1. The molecule has 1 heterocycles. The summed E-state index contributed by atoms with van der Waals surface area (Å²) in [6, 6.07) is 6.86. The van der Waals surface area contributed by atoms with Crippen molar-refractivity contribution in [2.75, 3.05) is 5.32 Å². The maximum atomic E-state index is 8.99. The lowest BCUT2D eigenvalue weighted by atomic mass is 10.2. The monoisotopic (exact) mass is 298 g/mol. The van der Waals surface area contributed by atoms with Gasteiger partial charge in [0.15, 0.2) is 5.82 Å². The van der Waals surface area contributed by atoms with Crippen LogP contribution in [0.4, 0.5) is 11.5 Å². The van der Waals surface area contributed by atoms with Crippen LogP contribution in [0.3, 0.4) is 0 Å². The Hall–Kier alpha value is -1.54. The van der Waals surface area contributed by atoms with Gasteiger partial charge in [0.05, 0.1) is 17.4 Å². The molecule has 0 spiro atoms. The van der Waals surface area contributed by atoms with Gasteiger partial charge in [0.25, 0.3) is 0 Å². The van der Waals surface area contributed by atoms with Crippen molar-refractivity contribution in [3.63, 3.8) is 0 Å². The third-order valence-electron chi connectivity index (χ3n) is 2.07. The van der Waals surface area contributed by atoms with E-state index in [4.69, 9.17) is 40.1 Å². The number of aromatic nitrogens is 2. The minimum absolute atomic E-state index is 0.0578. The normalized spacial score (nSPS) is 9.89. The zero-order valence-electron chi connectivity index (χ0n) is 8.78. The molecule has 1 N–H and O–H groups in total. The molecule has 7 heteroatoms. The molecule has 4 nitrogen and oxygen atoms in total. The van der Waals surface area contributed by atoms with E-state index in [9.17, 15) is 0 Å². The van der Waals surface area contributed by atoms with E-state index in [-0.39, 0.29) is 5.28 Å². The van der Waals surface area contributed by atoms with Crippen molar-refractivity contribution in [3.05, 3.63) is 45.3 Å². The van der Waals surface area contributed by atoms with Crippen molar-refractivity contribution in [2.24, 2.45) is 0 Å². The molecule has 0 radical (unpaired) electrons. The number of rotatable bonds is 2. The first kappa shape index (κ1) is 12.9. The summed E-state index contributed by atoms with van der Waals surface area (Å²) in [5, 5.41) is 12.7. The fourth-order valence-electron chi connectivity index (χ4n) is 1.28. The second-order valence-corrected chi connectivity index (χ2v) is 4.44. The topological polar surface area (TPSA) is 61.6 Å². The molecule has 90 valence electrons. The summed E-state index contributed by atoms with van der Waals surface area (Å²) in [5.74, 6) is 0.315. The highest BCUT2D eigenvalue weighted by Crippen LogP contribution is 2.27. The highest BCUT2D eigenvalue weighted by Gasteiger charge is 2.08. The molecule has 18 heavy (non-hydrogen) atoms. The Morgan fingerprint density at radius 1 is 1.22 bits per heavy atom. The van der Waals surface area contributed by atoms with Gasteiger partial charge >= 0.3 is 0 Å². The number of halogens is 3. The molecule has 0 unspecified atom stereocenters. The van der Waals surface area contributed by atoms with Crippen LogP contribution in [-0.2, 0) is 0 Å².